The number of ether oxygens (including phenoxy) is 3. The summed E-state index contributed by atoms with van der Waals surface area (Å²) in [6.45, 7) is 10.6. The Kier molecular flexibility index (Phi) is 14.1. The number of rotatable bonds is 11. The number of nitrogens with zero attached hydrogens (tertiary/aromatic N) is 2. The average Bonchev–Trinajstić information content (AvgIpc) is 2.72. The molecule has 0 saturated carbocycles. The van der Waals surface area contributed by atoms with Gasteiger partial charge < -0.3 is 24.4 Å². The van der Waals surface area contributed by atoms with Crippen LogP contribution in [0, 0.1) is 5.92 Å². The molecule has 7 heteroatoms. The predicted molar refractivity (Wildman–Crippen MR) is 129 cm³/mol. The van der Waals surface area contributed by atoms with Crippen LogP contribution in [0.5, 0.6) is 5.75 Å². The van der Waals surface area contributed by atoms with E-state index in [1.54, 1.807) is 0 Å². The summed E-state index contributed by atoms with van der Waals surface area (Å²) in [4.78, 5) is 6.90. The van der Waals surface area contributed by atoms with E-state index in [2.05, 4.69) is 36.3 Å². The molecule has 29 heavy (non-hydrogen) atoms. The summed E-state index contributed by atoms with van der Waals surface area (Å²) in [6, 6.07) is 8.25. The van der Waals surface area contributed by atoms with E-state index in [9.17, 15) is 0 Å². The number of benzene rings is 1. The quantitative estimate of drug-likeness (QED) is 0.208. The highest BCUT2D eigenvalue weighted by Crippen LogP contribution is 2.15. The molecule has 166 valence electrons. The van der Waals surface area contributed by atoms with E-state index >= 15 is 0 Å². The Bertz CT molecular complexity index is 563. The van der Waals surface area contributed by atoms with Crippen LogP contribution in [0.2, 0.25) is 0 Å². The number of nitrogens with one attached hydrogen (secondary N) is 1. The van der Waals surface area contributed by atoms with Crippen molar-refractivity contribution in [2.24, 2.45) is 10.9 Å². The smallest absolute Gasteiger partial charge is 0.193 e. The van der Waals surface area contributed by atoms with Gasteiger partial charge in [0, 0.05) is 53.1 Å². The maximum Gasteiger partial charge on any atom is 0.193 e. The number of halogens is 1. The lowest BCUT2D eigenvalue weighted by Crippen LogP contribution is -2.38. The summed E-state index contributed by atoms with van der Waals surface area (Å²) < 4.78 is 16.7. The third-order valence-corrected chi connectivity index (χ3v) is 4.75. The maximum atomic E-state index is 5.83. The molecule has 0 radical (unpaired) electrons. The summed E-state index contributed by atoms with van der Waals surface area (Å²) >= 11 is 0. The zero-order valence-electron chi connectivity index (χ0n) is 18.2. The van der Waals surface area contributed by atoms with Gasteiger partial charge in [-0.1, -0.05) is 12.1 Å². The van der Waals surface area contributed by atoms with Gasteiger partial charge in [-0.25, -0.2) is 0 Å². The van der Waals surface area contributed by atoms with E-state index in [0.717, 1.165) is 77.0 Å². The summed E-state index contributed by atoms with van der Waals surface area (Å²) in [5.74, 6) is 2.51. The van der Waals surface area contributed by atoms with E-state index in [4.69, 9.17) is 19.2 Å². The summed E-state index contributed by atoms with van der Waals surface area (Å²) in [6.07, 6.45) is 3.19. The number of hydrogen-bond donors (Lipinski definition) is 1. The highest BCUT2D eigenvalue weighted by atomic mass is 127. The first kappa shape index (κ1) is 26.0. The van der Waals surface area contributed by atoms with Crippen molar-refractivity contribution in [3.8, 4) is 5.75 Å². The highest BCUT2D eigenvalue weighted by Gasteiger charge is 2.13. The fourth-order valence-corrected chi connectivity index (χ4v) is 3.19. The van der Waals surface area contributed by atoms with Crippen molar-refractivity contribution in [3.63, 3.8) is 0 Å². The minimum absolute atomic E-state index is 0. The molecule has 1 saturated heterocycles. The fraction of sp³-hybridized carbons (Fsp3) is 0.682. The number of hydrogen-bond acceptors (Lipinski definition) is 4. The van der Waals surface area contributed by atoms with Crippen LogP contribution in [-0.4, -0.2) is 64.0 Å². The summed E-state index contributed by atoms with van der Waals surface area (Å²) in [5.41, 5.74) is 1.23. The molecule has 0 aliphatic carbocycles. The fourth-order valence-electron chi connectivity index (χ4n) is 3.19. The van der Waals surface area contributed by atoms with Gasteiger partial charge in [0.05, 0.1) is 6.61 Å². The van der Waals surface area contributed by atoms with Gasteiger partial charge in [0.25, 0.3) is 0 Å². The zero-order valence-corrected chi connectivity index (χ0v) is 20.5. The Morgan fingerprint density at radius 2 is 1.93 bits per heavy atom. The average molecular weight is 519 g/mol. The first-order valence-corrected chi connectivity index (χ1v) is 10.6. The molecule has 1 aromatic carbocycles. The topological polar surface area (TPSA) is 55.3 Å². The second-order valence-corrected chi connectivity index (χ2v) is 7.15. The molecule has 0 atom stereocenters. The lowest BCUT2D eigenvalue weighted by atomic mass is 10.0. The lowest BCUT2D eigenvalue weighted by Gasteiger charge is -2.22. The molecule has 1 fully saturated rings. The van der Waals surface area contributed by atoms with Crippen molar-refractivity contribution >= 4 is 29.9 Å². The molecule has 1 aliphatic heterocycles. The van der Waals surface area contributed by atoms with Crippen LogP contribution in [0.25, 0.3) is 0 Å². The molecule has 1 heterocycles. The first-order valence-electron chi connectivity index (χ1n) is 10.6. The van der Waals surface area contributed by atoms with Crippen LogP contribution in [-0.2, 0) is 16.0 Å². The molecule has 0 spiro atoms. The van der Waals surface area contributed by atoms with Gasteiger partial charge in [0.2, 0.25) is 0 Å². The second kappa shape index (κ2) is 15.7. The van der Waals surface area contributed by atoms with Crippen LogP contribution in [0.15, 0.2) is 29.3 Å². The SMILES string of the molecule is CCNC(=NCCCOCC1CCOCC1)N(C)Cc1ccc(OCC)cc1.I. The van der Waals surface area contributed by atoms with Gasteiger partial charge >= 0.3 is 0 Å². The Labute approximate surface area is 193 Å². The van der Waals surface area contributed by atoms with Crippen molar-refractivity contribution < 1.29 is 14.2 Å². The van der Waals surface area contributed by atoms with E-state index in [1.807, 2.05) is 19.1 Å². The molecular formula is C22H38IN3O3. The lowest BCUT2D eigenvalue weighted by molar-refractivity contribution is 0.0205. The maximum absolute atomic E-state index is 5.83. The summed E-state index contributed by atoms with van der Waals surface area (Å²) in [5, 5.41) is 3.37. The molecular weight excluding hydrogens is 481 g/mol. The minimum Gasteiger partial charge on any atom is -0.494 e. The molecule has 0 unspecified atom stereocenters. The molecule has 0 aromatic heterocycles. The van der Waals surface area contributed by atoms with Gasteiger partial charge in [-0.2, -0.15) is 0 Å². The van der Waals surface area contributed by atoms with Crippen molar-refractivity contribution in [2.75, 3.05) is 53.2 Å². The largest absolute Gasteiger partial charge is 0.494 e. The van der Waals surface area contributed by atoms with Gasteiger partial charge in [0.15, 0.2) is 5.96 Å². The second-order valence-electron chi connectivity index (χ2n) is 7.15. The molecule has 6 nitrogen and oxygen atoms in total. The van der Waals surface area contributed by atoms with Gasteiger partial charge in [0.1, 0.15) is 5.75 Å². The number of aliphatic imine (C=N–C) groups is 1. The van der Waals surface area contributed by atoms with Gasteiger partial charge in [-0.15, -0.1) is 24.0 Å². The minimum atomic E-state index is 0. The highest BCUT2D eigenvalue weighted by molar-refractivity contribution is 14.0. The van der Waals surface area contributed by atoms with E-state index in [-0.39, 0.29) is 24.0 Å². The Morgan fingerprint density at radius 3 is 2.59 bits per heavy atom. The Hall–Kier alpha value is -1.06. The van der Waals surface area contributed by atoms with Crippen molar-refractivity contribution in [1.82, 2.24) is 10.2 Å². The Morgan fingerprint density at radius 1 is 1.21 bits per heavy atom. The first-order chi connectivity index (χ1) is 13.7. The van der Waals surface area contributed by atoms with Crippen LogP contribution in [0.3, 0.4) is 0 Å². The third kappa shape index (κ3) is 10.5. The zero-order chi connectivity index (χ0) is 20.0. The van der Waals surface area contributed by atoms with Crippen LogP contribution < -0.4 is 10.1 Å². The van der Waals surface area contributed by atoms with E-state index in [0.29, 0.717) is 12.5 Å². The predicted octanol–water partition coefficient (Wildman–Crippen LogP) is 3.93. The molecule has 1 aromatic rings. The standard InChI is InChI=1S/C22H37N3O3.HI/c1-4-23-22(24-13-6-14-27-18-20-11-15-26-16-12-20)25(3)17-19-7-9-21(10-8-19)28-5-2;/h7-10,20H,4-6,11-18H2,1-3H3,(H,23,24);1H. The molecule has 1 N–H and O–H groups in total. The monoisotopic (exact) mass is 519 g/mol. The Balaban J connectivity index is 0.00000420. The van der Waals surface area contributed by atoms with E-state index < -0.39 is 0 Å². The van der Waals surface area contributed by atoms with Crippen molar-refractivity contribution in [2.45, 2.75) is 39.7 Å². The van der Waals surface area contributed by atoms with Crippen LogP contribution >= 0.6 is 24.0 Å². The van der Waals surface area contributed by atoms with Crippen LogP contribution in [0.4, 0.5) is 0 Å². The van der Waals surface area contributed by atoms with Crippen molar-refractivity contribution in [1.29, 1.82) is 0 Å². The third-order valence-electron chi connectivity index (χ3n) is 4.75. The molecule has 0 bridgehead atoms. The van der Waals surface area contributed by atoms with Crippen LogP contribution in [0.1, 0.15) is 38.7 Å². The summed E-state index contributed by atoms with van der Waals surface area (Å²) in [7, 11) is 2.07. The normalized spacial score (nSPS) is 14.9. The van der Waals surface area contributed by atoms with Crippen molar-refractivity contribution in [3.05, 3.63) is 29.8 Å². The number of guanidine groups is 1. The van der Waals surface area contributed by atoms with Gasteiger partial charge in [-0.3, -0.25) is 4.99 Å². The molecule has 2 rings (SSSR count). The van der Waals surface area contributed by atoms with Gasteiger partial charge in [-0.05, 0) is 56.7 Å². The molecule has 0 amide bonds. The van der Waals surface area contributed by atoms with E-state index in [1.165, 1.54) is 5.56 Å². The molecule has 1 aliphatic rings.